The molecule has 0 atom stereocenters. The van der Waals surface area contributed by atoms with Crippen molar-refractivity contribution in [2.45, 2.75) is 6.92 Å². The molecule has 2 aromatic heterocycles. The topological polar surface area (TPSA) is 35.0 Å². The van der Waals surface area contributed by atoms with Crippen molar-refractivity contribution in [3.8, 4) is 11.6 Å². The van der Waals surface area contributed by atoms with Gasteiger partial charge in [0.1, 0.15) is 0 Å². The fraction of sp³-hybridized carbons (Fsp3) is 0.0909. The highest BCUT2D eigenvalue weighted by Gasteiger charge is 2.03. The molecule has 76 valence electrons. The standard InChI is InChI=1S/C11H9ClN2O/c1-8-4-5-10(14-7-8)15-9-3-2-6-13-11(9)12/h2-7H,1H3. The van der Waals surface area contributed by atoms with Crippen molar-refractivity contribution >= 4 is 11.6 Å². The van der Waals surface area contributed by atoms with Crippen molar-refractivity contribution in [1.29, 1.82) is 0 Å². The Balaban J connectivity index is 2.22. The maximum atomic E-state index is 5.84. The first-order chi connectivity index (χ1) is 7.25. The van der Waals surface area contributed by atoms with Gasteiger partial charge in [-0.25, -0.2) is 9.97 Å². The molecular formula is C11H9ClN2O. The van der Waals surface area contributed by atoms with Gasteiger partial charge in [-0.3, -0.25) is 0 Å². The number of hydrogen-bond donors (Lipinski definition) is 0. The highest BCUT2D eigenvalue weighted by molar-refractivity contribution is 6.30. The number of aryl methyl sites for hydroxylation is 1. The van der Waals surface area contributed by atoms with Gasteiger partial charge in [0.05, 0.1) is 0 Å². The third-order valence-corrected chi connectivity index (χ3v) is 2.11. The van der Waals surface area contributed by atoms with Gasteiger partial charge in [0, 0.05) is 18.5 Å². The molecular weight excluding hydrogens is 212 g/mol. The monoisotopic (exact) mass is 220 g/mol. The predicted molar refractivity (Wildman–Crippen MR) is 58.3 cm³/mol. The van der Waals surface area contributed by atoms with Crippen LogP contribution in [0.15, 0.2) is 36.7 Å². The van der Waals surface area contributed by atoms with Gasteiger partial charge in [0.25, 0.3) is 0 Å². The Kier molecular flexibility index (Phi) is 2.83. The maximum Gasteiger partial charge on any atom is 0.219 e. The first-order valence-electron chi connectivity index (χ1n) is 4.47. The van der Waals surface area contributed by atoms with Gasteiger partial charge in [-0.1, -0.05) is 17.7 Å². The van der Waals surface area contributed by atoms with Crippen LogP contribution >= 0.6 is 11.6 Å². The lowest BCUT2D eigenvalue weighted by molar-refractivity contribution is 0.461. The van der Waals surface area contributed by atoms with E-state index in [9.17, 15) is 0 Å². The lowest BCUT2D eigenvalue weighted by Crippen LogP contribution is -1.89. The minimum absolute atomic E-state index is 0.333. The van der Waals surface area contributed by atoms with Gasteiger partial charge >= 0.3 is 0 Å². The van der Waals surface area contributed by atoms with Crippen LogP contribution in [0.25, 0.3) is 0 Å². The van der Waals surface area contributed by atoms with Crippen molar-refractivity contribution < 1.29 is 4.74 Å². The summed E-state index contributed by atoms with van der Waals surface area (Å²) in [5, 5.41) is 0.333. The van der Waals surface area contributed by atoms with Gasteiger partial charge < -0.3 is 4.74 Å². The van der Waals surface area contributed by atoms with E-state index in [0.717, 1.165) is 5.56 Å². The van der Waals surface area contributed by atoms with Crippen LogP contribution in [-0.4, -0.2) is 9.97 Å². The average Bonchev–Trinajstić information content (AvgIpc) is 2.25. The SMILES string of the molecule is Cc1ccc(Oc2cccnc2Cl)nc1. The maximum absolute atomic E-state index is 5.84. The van der Waals surface area contributed by atoms with Gasteiger partial charge in [0.2, 0.25) is 5.88 Å². The minimum atomic E-state index is 0.333. The molecule has 0 aliphatic carbocycles. The third kappa shape index (κ3) is 2.44. The molecule has 0 amide bonds. The molecule has 4 heteroatoms. The Morgan fingerprint density at radius 3 is 2.73 bits per heavy atom. The number of rotatable bonds is 2. The molecule has 2 rings (SSSR count). The van der Waals surface area contributed by atoms with Crippen LogP contribution in [0.3, 0.4) is 0 Å². The van der Waals surface area contributed by atoms with E-state index in [2.05, 4.69) is 9.97 Å². The number of aromatic nitrogens is 2. The molecule has 0 saturated carbocycles. The lowest BCUT2D eigenvalue weighted by Gasteiger charge is -2.05. The second-order valence-electron chi connectivity index (χ2n) is 3.07. The van der Waals surface area contributed by atoms with Crippen LogP contribution in [0.1, 0.15) is 5.56 Å². The zero-order valence-electron chi connectivity index (χ0n) is 8.14. The van der Waals surface area contributed by atoms with Gasteiger partial charge in [-0.15, -0.1) is 0 Å². The molecule has 2 aromatic rings. The first kappa shape index (κ1) is 9.93. The van der Waals surface area contributed by atoms with Crippen LogP contribution in [0.5, 0.6) is 11.6 Å². The van der Waals surface area contributed by atoms with Crippen molar-refractivity contribution in [2.24, 2.45) is 0 Å². The van der Waals surface area contributed by atoms with Gasteiger partial charge in [0.15, 0.2) is 10.9 Å². The number of ether oxygens (including phenoxy) is 1. The van der Waals surface area contributed by atoms with Gasteiger partial charge in [-0.05, 0) is 24.6 Å². The molecule has 0 radical (unpaired) electrons. The van der Waals surface area contributed by atoms with Crippen LogP contribution in [-0.2, 0) is 0 Å². The summed E-state index contributed by atoms with van der Waals surface area (Å²) in [5.74, 6) is 1.02. The van der Waals surface area contributed by atoms with Gasteiger partial charge in [-0.2, -0.15) is 0 Å². The minimum Gasteiger partial charge on any atom is -0.436 e. The molecule has 0 fully saturated rings. The molecule has 3 nitrogen and oxygen atoms in total. The molecule has 0 unspecified atom stereocenters. The summed E-state index contributed by atoms with van der Waals surface area (Å²) >= 11 is 5.84. The fourth-order valence-corrected chi connectivity index (χ4v) is 1.23. The smallest absolute Gasteiger partial charge is 0.219 e. The number of halogens is 1. The molecule has 0 aliphatic heterocycles. The molecule has 2 heterocycles. The summed E-state index contributed by atoms with van der Waals surface area (Å²) in [5.41, 5.74) is 1.08. The van der Waals surface area contributed by atoms with Crippen molar-refractivity contribution in [1.82, 2.24) is 9.97 Å². The van der Waals surface area contributed by atoms with E-state index in [4.69, 9.17) is 16.3 Å². The largest absolute Gasteiger partial charge is 0.436 e. The predicted octanol–water partition coefficient (Wildman–Crippen LogP) is 3.23. The first-order valence-corrected chi connectivity index (χ1v) is 4.84. The summed E-state index contributed by atoms with van der Waals surface area (Å²) in [6, 6.07) is 7.22. The van der Waals surface area contributed by atoms with E-state index in [-0.39, 0.29) is 0 Å². The number of hydrogen-bond acceptors (Lipinski definition) is 3. The molecule has 0 aliphatic rings. The van der Waals surface area contributed by atoms with E-state index >= 15 is 0 Å². The van der Waals surface area contributed by atoms with Crippen LogP contribution in [0.2, 0.25) is 5.15 Å². The highest BCUT2D eigenvalue weighted by atomic mass is 35.5. The molecule has 0 bridgehead atoms. The van der Waals surface area contributed by atoms with E-state index in [0.29, 0.717) is 16.8 Å². The van der Waals surface area contributed by atoms with Crippen LogP contribution < -0.4 is 4.74 Å². The highest BCUT2D eigenvalue weighted by Crippen LogP contribution is 2.25. The van der Waals surface area contributed by atoms with Crippen LogP contribution in [0, 0.1) is 6.92 Å². The van der Waals surface area contributed by atoms with Crippen LogP contribution in [0.4, 0.5) is 0 Å². The summed E-state index contributed by atoms with van der Waals surface area (Å²) < 4.78 is 5.46. The summed E-state index contributed by atoms with van der Waals surface area (Å²) in [7, 11) is 0. The average molecular weight is 221 g/mol. The Labute approximate surface area is 92.7 Å². The van der Waals surface area contributed by atoms with Crippen molar-refractivity contribution in [2.75, 3.05) is 0 Å². The van der Waals surface area contributed by atoms with E-state index in [1.54, 1.807) is 30.6 Å². The fourth-order valence-electron chi connectivity index (χ4n) is 1.07. The zero-order chi connectivity index (χ0) is 10.7. The normalized spacial score (nSPS) is 10.0. The van der Waals surface area contributed by atoms with Crippen molar-refractivity contribution in [3.63, 3.8) is 0 Å². The summed E-state index contributed by atoms with van der Waals surface area (Å²) in [4.78, 5) is 8.01. The molecule has 0 saturated heterocycles. The quantitative estimate of drug-likeness (QED) is 0.729. The molecule has 0 N–H and O–H groups in total. The van der Waals surface area contributed by atoms with E-state index in [1.165, 1.54) is 0 Å². The Bertz CT molecular complexity index is 456. The zero-order valence-corrected chi connectivity index (χ0v) is 8.90. The number of pyridine rings is 2. The van der Waals surface area contributed by atoms with Crippen molar-refractivity contribution in [3.05, 3.63) is 47.4 Å². The third-order valence-electron chi connectivity index (χ3n) is 1.82. The number of nitrogens with zero attached hydrogens (tertiary/aromatic N) is 2. The molecule has 0 aromatic carbocycles. The summed E-state index contributed by atoms with van der Waals surface area (Å²) in [6.45, 7) is 1.97. The molecule has 0 spiro atoms. The Hall–Kier alpha value is -1.61. The summed E-state index contributed by atoms with van der Waals surface area (Å²) in [6.07, 6.45) is 3.34. The van der Waals surface area contributed by atoms with E-state index in [1.807, 2.05) is 13.0 Å². The second kappa shape index (κ2) is 4.28. The lowest BCUT2D eigenvalue weighted by atomic mass is 10.3. The van der Waals surface area contributed by atoms with E-state index < -0.39 is 0 Å². The Morgan fingerprint density at radius 2 is 2.07 bits per heavy atom. The second-order valence-corrected chi connectivity index (χ2v) is 3.43. The molecule has 15 heavy (non-hydrogen) atoms. The Morgan fingerprint density at radius 1 is 1.20 bits per heavy atom.